The molecule has 3 unspecified atom stereocenters. The van der Waals surface area contributed by atoms with Gasteiger partial charge in [-0.1, -0.05) is 20.8 Å². The van der Waals surface area contributed by atoms with Crippen LogP contribution in [-0.4, -0.2) is 43.2 Å². The third kappa shape index (κ3) is 3.43. The van der Waals surface area contributed by atoms with Gasteiger partial charge in [0.25, 0.3) is 0 Å². The van der Waals surface area contributed by atoms with Crippen molar-refractivity contribution in [3.63, 3.8) is 0 Å². The molecule has 0 radical (unpaired) electrons. The standard InChI is InChI=1S/C10H21NO3S/c1-7(10(2,3)4)11-8-5-15(13,14)6-9(8)12/h7-9,11-12H,5-6H2,1-4H3. The molecule has 0 aromatic rings. The number of aliphatic hydroxyl groups excluding tert-OH is 1. The van der Waals surface area contributed by atoms with Crippen LogP contribution in [0.2, 0.25) is 0 Å². The zero-order valence-electron chi connectivity index (χ0n) is 9.82. The average molecular weight is 235 g/mol. The summed E-state index contributed by atoms with van der Waals surface area (Å²) in [4.78, 5) is 0. The molecule has 15 heavy (non-hydrogen) atoms. The Bertz CT molecular complexity index is 318. The van der Waals surface area contributed by atoms with Crippen LogP contribution in [0.1, 0.15) is 27.7 Å². The maximum Gasteiger partial charge on any atom is 0.154 e. The van der Waals surface area contributed by atoms with Crippen LogP contribution in [0.15, 0.2) is 0 Å². The molecule has 0 bridgehead atoms. The minimum Gasteiger partial charge on any atom is -0.390 e. The van der Waals surface area contributed by atoms with Gasteiger partial charge < -0.3 is 10.4 Å². The lowest BCUT2D eigenvalue weighted by molar-refractivity contribution is 0.144. The number of hydrogen-bond donors (Lipinski definition) is 2. The highest BCUT2D eigenvalue weighted by Crippen LogP contribution is 2.21. The second-order valence-electron chi connectivity index (χ2n) is 5.51. The summed E-state index contributed by atoms with van der Waals surface area (Å²) in [5.74, 6) is -0.0594. The van der Waals surface area contributed by atoms with Crippen molar-refractivity contribution in [3.8, 4) is 0 Å². The Morgan fingerprint density at radius 3 is 2.20 bits per heavy atom. The van der Waals surface area contributed by atoms with Gasteiger partial charge in [-0.05, 0) is 12.3 Å². The van der Waals surface area contributed by atoms with Crippen LogP contribution in [-0.2, 0) is 9.84 Å². The highest BCUT2D eigenvalue weighted by molar-refractivity contribution is 7.91. The molecular weight excluding hydrogens is 214 g/mol. The molecule has 0 spiro atoms. The Morgan fingerprint density at radius 2 is 1.87 bits per heavy atom. The van der Waals surface area contributed by atoms with Crippen LogP contribution in [0.5, 0.6) is 0 Å². The van der Waals surface area contributed by atoms with E-state index in [0.29, 0.717) is 0 Å². The first-order chi connectivity index (χ1) is 6.62. The molecule has 0 amide bonds. The summed E-state index contributed by atoms with van der Waals surface area (Å²) >= 11 is 0. The monoisotopic (exact) mass is 235 g/mol. The van der Waals surface area contributed by atoms with Crippen LogP contribution in [0.3, 0.4) is 0 Å². The summed E-state index contributed by atoms with van der Waals surface area (Å²) in [6.07, 6.45) is -0.764. The number of nitrogens with one attached hydrogen (secondary N) is 1. The highest BCUT2D eigenvalue weighted by atomic mass is 32.2. The minimum absolute atomic E-state index is 0.0502. The van der Waals surface area contributed by atoms with Gasteiger partial charge in [-0.25, -0.2) is 8.42 Å². The van der Waals surface area contributed by atoms with Gasteiger partial charge in [0.15, 0.2) is 9.84 Å². The van der Waals surface area contributed by atoms with Crippen molar-refractivity contribution in [3.05, 3.63) is 0 Å². The van der Waals surface area contributed by atoms with E-state index in [-0.39, 0.29) is 29.0 Å². The first kappa shape index (κ1) is 12.9. The molecule has 1 rings (SSSR count). The molecule has 1 aliphatic heterocycles. The van der Waals surface area contributed by atoms with Gasteiger partial charge in [-0.3, -0.25) is 0 Å². The molecule has 90 valence electrons. The predicted octanol–water partition coefficient (Wildman–Crippen LogP) is 0.169. The van der Waals surface area contributed by atoms with E-state index >= 15 is 0 Å². The van der Waals surface area contributed by atoms with E-state index in [2.05, 4.69) is 26.1 Å². The molecule has 1 saturated heterocycles. The highest BCUT2D eigenvalue weighted by Gasteiger charge is 2.38. The lowest BCUT2D eigenvalue weighted by Gasteiger charge is -2.31. The van der Waals surface area contributed by atoms with Gasteiger partial charge in [0.2, 0.25) is 0 Å². The van der Waals surface area contributed by atoms with Crippen molar-refractivity contribution in [1.82, 2.24) is 5.32 Å². The van der Waals surface area contributed by atoms with Crippen molar-refractivity contribution in [2.75, 3.05) is 11.5 Å². The van der Waals surface area contributed by atoms with Gasteiger partial charge >= 0.3 is 0 Å². The van der Waals surface area contributed by atoms with Crippen molar-refractivity contribution in [2.45, 2.75) is 45.9 Å². The van der Waals surface area contributed by atoms with E-state index in [9.17, 15) is 13.5 Å². The van der Waals surface area contributed by atoms with Crippen LogP contribution in [0.4, 0.5) is 0 Å². The number of hydrogen-bond acceptors (Lipinski definition) is 4. The van der Waals surface area contributed by atoms with Gasteiger partial charge in [0.05, 0.1) is 17.6 Å². The van der Waals surface area contributed by atoms with Crippen molar-refractivity contribution in [2.24, 2.45) is 5.41 Å². The number of sulfone groups is 1. The molecule has 1 heterocycles. The summed E-state index contributed by atoms with van der Waals surface area (Å²) in [5, 5.41) is 12.8. The third-order valence-electron chi connectivity index (χ3n) is 3.09. The molecule has 3 atom stereocenters. The average Bonchev–Trinajstić information content (AvgIpc) is 2.22. The SMILES string of the molecule is CC(NC1CS(=O)(=O)CC1O)C(C)(C)C. The fraction of sp³-hybridized carbons (Fsp3) is 1.00. The van der Waals surface area contributed by atoms with Crippen LogP contribution in [0.25, 0.3) is 0 Å². The zero-order valence-corrected chi connectivity index (χ0v) is 10.6. The van der Waals surface area contributed by atoms with Crippen LogP contribution >= 0.6 is 0 Å². The molecule has 0 aliphatic carbocycles. The number of aliphatic hydroxyl groups is 1. The molecule has 0 aromatic carbocycles. The summed E-state index contributed by atoms with van der Waals surface area (Å²) < 4.78 is 22.6. The second kappa shape index (κ2) is 4.03. The van der Waals surface area contributed by atoms with E-state index < -0.39 is 15.9 Å². The summed E-state index contributed by atoms with van der Waals surface area (Å²) in [5.41, 5.74) is 0.0616. The normalized spacial score (nSPS) is 32.9. The minimum atomic E-state index is -3.05. The quantitative estimate of drug-likeness (QED) is 0.716. The van der Waals surface area contributed by atoms with E-state index in [1.165, 1.54) is 0 Å². The maximum absolute atomic E-state index is 11.3. The van der Waals surface area contributed by atoms with Gasteiger partial charge in [0.1, 0.15) is 0 Å². The van der Waals surface area contributed by atoms with E-state index in [4.69, 9.17) is 0 Å². The molecule has 0 aromatic heterocycles. The van der Waals surface area contributed by atoms with Crippen LogP contribution in [0, 0.1) is 5.41 Å². The summed E-state index contributed by atoms with van der Waals surface area (Å²) in [6, 6.07) is -0.144. The summed E-state index contributed by atoms with van der Waals surface area (Å²) in [7, 11) is -3.05. The van der Waals surface area contributed by atoms with Gasteiger partial charge in [-0.15, -0.1) is 0 Å². The smallest absolute Gasteiger partial charge is 0.154 e. The molecule has 1 aliphatic rings. The molecule has 0 saturated carbocycles. The Hall–Kier alpha value is -0.130. The Kier molecular flexibility index (Phi) is 3.48. The fourth-order valence-electron chi connectivity index (χ4n) is 1.56. The fourth-order valence-corrected chi connectivity index (χ4v) is 3.31. The van der Waals surface area contributed by atoms with Crippen molar-refractivity contribution >= 4 is 9.84 Å². The lowest BCUT2D eigenvalue weighted by Crippen LogP contribution is -2.48. The van der Waals surface area contributed by atoms with Gasteiger partial charge in [-0.2, -0.15) is 0 Å². The second-order valence-corrected chi connectivity index (χ2v) is 7.66. The molecule has 5 heteroatoms. The Labute approximate surface area is 92.0 Å². The molecule has 4 nitrogen and oxygen atoms in total. The predicted molar refractivity (Wildman–Crippen MR) is 60.5 cm³/mol. The maximum atomic E-state index is 11.3. The largest absolute Gasteiger partial charge is 0.390 e. The van der Waals surface area contributed by atoms with Crippen LogP contribution < -0.4 is 5.32 Å². The molecule has 1 fully saturated rings. The lowest BCUT2D eigenvalue weighted by atomic mass is 9.87. The Balaban J connectivity index is 2.61. The Morgan fingerprint density at radius 1 is 1.33 bits per heavy atom. The molecular formula is C10H21NO3S. The first-order valence-electron chi connectivity index (χ1n) is 5.26. The number of rotatable bonds is 2. The third-order valence-corrected chi connectivity index (χ3v) is 4.80. The van der Waals surface area contributed by atoms with Gasteiger partial charge in [0, 0.05) is 12.1 Å². The summed E-state index contributed by atoms with van der Waals surface area (Å²) in [6.45, 7) is 8.26. The molecule has 2 N–H and O–H groups in total. The van der Waals surface area contributed by atoms with E-state index in [0.717, 1.165) is 0 Å². The van der Waals surface area contributed by atoms with E-state index in [1.54, 1.807) is 0 Å². The topological polar surface area (TPSA) is 66.4 Å². The van der Waals surface area contributed by atoms with Crippen molar-refractivity contribution < 1.29 is 13.5 Å². The zero-order chi connectivity index (χ0) is 11.9. The first-order valence-corrected chi connectivity index (χ1v) is 7.08. The van der Waals surface area contributed by atoms with E-state index in [1.807, 2.05) is 6.92 Å². The van der Waals surface area contributed by atoms with Crippen molar-refractivity contribution in [1.29, 1.82) is 0 Å².